The Morgan fingerprint density at radius 3 is 2.65 bits per heavy atom. The van der Waals surface area contributed by atoms with Crippen LogP contribution in [0.25, 0.3) is 11.4 Å². The minimum absolute atomic E-state index is 0.00656. The van der Waals surface area contributed by atoms with Gasteiger partial charge < -0.3 is 9.88 Å². The molecule has 0 bridgehead atoms. The smallest absolute Gasteiger partial charge is 0.231 e. The van der Waals surface area contributed by atoms with Gasteiger partial charge in [-0.25, -0.2) is 0 Å². The van der Waals surface area contributed by atoms with Gasteiger partial charge in [0.15, 0.2) is 5.82 Å². The fourth-order valence-corrected chi connectivity index (χ4v) is 3.47. The van der Waals surface area contributed by atoms with Crippen LogP contribution in [0.15, 0.2) is 54.6 Å². The second kappa shape index (κ2) is 7.30. The van der Waals surface area contributed by atoms with E-state index in [1.54, 1.807) is 0 Å². The Kier molecular flexibility index (Phi) is 4.71. The summed E-state index contributed by atoms with van der Waals surface area (Å²) in [6.45, 7) is 1.32. The number of hydrogen-bond acceptors (Lipinski definition) is 3. The molecule has 2 aromatic carbocycles. The van der Waals surface area contributed by atoms with Gasteiger partial charge in [-0.15, -0.1) is 10.2 Å². The van der Waals surface area contributed by atoms with Crippen LogP contribution in [0, 0.1) is 0 Å². The molecule has 1 aliphatic rings. The third-order valence-corrected chi connectivity index (χ3v) is 4.95. The van der Waals surface area contributed by atoms with E-state index in [0.717, 1.165) is 42.2 Å². The van der Waals surface area contributed by atoms with Crippen LogP contribution in [-0.2, 0) is 17.9 Å². The zero-order valence-corrected chi connectivity index (χ0v) is 15.0. The number of fused-ring (bicyclic) bond motifs is 1. The maximum absolute atomic E-state index is 12.7. The normalized spacial score (nSPS) is 16.1. The molecule has 132 valence electrons. The number of hydrogen-bond donors (Lipinski definition) is 1. The number of halogens is 1. The molecule has 1 amide bonds. The standard InChI is InChI=1S/C20H19ClN4O/c21-16-10-8-14(9-11-16)13-22-20(26)17-7-4-12-25-18(23-24-19(17)25)15-5-2-1-3-6-15/h1-3,5-6,8-11,17H,4,7,12-13H2,(H,22,26). The zero-order valence-electron chi connectivity index (χ0n) is 14.2. The van der Waals surface area contributed by atoms with E-state index >= 15 is 0 Å². The lowest BCUT2D eigenvalue weighted by atomic mass is 9.97. The second-order valence-electron chi connectivity index (χ2n) is 6.44. The number of aromatic nitrogens is 3. The van der Waals surface area contributed by atoms with Crippen molar-refractivity contribution in [1.29, 1.82) is 0 Å². The summed E-state index contributed by atoms with van der Waals surface area (Å²) < 4.78 is 2.07. The molecule has 4 rings (SSSR count). The van der Waals surface area contributed by atoms with Gasteiger partial charge in [-0.2, -0.15) is 0 Å². The highest BCUT2D eigenvalue weighted by molar-refractivity contribution is 6.30. The summed E-state index contributed by atoms with van der Waals surface area (Å²) in [5.74, 6) is 1.31. The van der Waals surface area contributed by atoms with E-state index in [4.69, 9.17) is 11.6 Å². The number of nitrogens with one attached hydrogen (secondary N) is 1. The monoisotopic (exact) mass is 366 g/mol. The lowest BCUT2D eigenvalue weighted by Crippen LogP contribution is -2.32. The van der Waals surface area contributed by atoms with Gasteiger partial charge >= 0.3 is 0 Å². The molecule has 1 aromatic heterocycles. The Bertz CT molecular complexity index is 905. The summed E-state index contributed by atoms with van der Waals surface area (Å²) in [5.41, 5.74) is 2.04. The van der Waals surface area contributed by atoms with Crippen molar-refractivity contribution < 1.29 is 4.79 Å². The SMILES string of the molecule is O=C(NCc1ccc(Cl)cc1)C1CCCn2c(-c3ccccc3)nnc21. The van der Waals surface area contributed by atoms with E-state index in [-0.39, 0.29) is 11.8 Å². The van der Waals surface area contributed by atoms with Crippen LogP contribution in [0.3, 0.4) is 0 Å². The maximum Gasteiger partial charge on any atom is 0.231 e. The zero-order chi connectivity index (χ0) is 17.9. The van der Waals surface area contributed by atoms with Crippen LogP contribution in [0.2, 0.25) is 5.02 Å². The average Bonchev–Trinajstić information content (AvgIpc) is 3.12. The first-order valence-corrected chi connectivity index (χ1v) is 9.11. The molecular weight excluding hydrogens is 348 g/mol. The van der Waals surface area contributed by atoms with E-state index < -0.39 is 0 Å². The lowest BCUT2D eigenvalue weighted by Gasteiger charge is -2.23. The van der Waals surface area contributed by atoms with Crippen molar-refractivity contribution in [2.75, 3.05) is 0 Å². The molecular formula is C20H19ClN4O. The Labute approximate surface area is 157 Å². The number of carbonyl (C=O) groups is 1. The molecule has 0 saturated carbocycles. The van der Waals surface area contributed by atoms with Crippen molar-refractivity contribution in [1.82, 2.24) is 20.1 Å². The topological polar surface area (TPSA) is 59.8 Å². The molecule has 0 saturated heterocycles. The number of carbonyl (C=O) groups excluding carboxylic acids is 1. The minimum atomic E-state index is -0.263. The van der Waals surface area contributed by atoms with Gasteiger partial charge in [-0.3, -0.25) is 4.79 Å². The van der Waals surface area contributed by atoms with Crippen molar-refractivity contribution in [3.63, 3.8) is 0 Å². The predicted octanol–water partition coefficient (Wildman–Crippen LogP) is 3.79. The maximum atomic E-state index is 12.7. The molecule has 2 heterocycles. The summed E-state index contributed by atoms with van der Waals surface area (Å²) in [6, 6.07) is 17.5. The third-order valence-electron chi connectivity index (χ3n) is 4.69. The Morgan fingerprint density at radius 1 is 1.12 bits per heavy atom. The van der Waals surface area contributed by atoms with Crippen molar-refractivity contribution in [3.8, 4) is 11.4 Å². The van der Waals surface area contributed by atoms with E-state index in [2.05, 4.69) is 20.1 Å². The summed E-state index contributed by atoms with van der Waals surface area (Å²) in [5, 5.41) is 12.4. The number of benzene rings is 2. The average molecular weight is 367 g/mol. The van der Waals surface area contributed by atoms with Crippen molar-refractivity contribution >= 4 is 17.5 Å². The molecule has 1 unspecified atom stereocenters. The largest absolute Gasteiger partial charge is 0.351 e. The van der Waals surface area contributed by atoms with Gasteiger partial charge in [-0.1, -0.05) is 54.1 Å². The van der Waals surface area contributed by atoms with Crippen LogP contribution in [0.1, 0.15) is 30.1 Å². The van der Waals surface area contributed by atoms with E-state index in [0.29, 0.717) is 11.6 Å². The highest BCUT2D eigenvalue weighted by Gasteiger charge is 2.30. The van der Waals surface area contributed by atoms with Crippen LogP contribution < -0.4 is 5.32 Å². The predicted molar refractivity (Wildman–Crippen MR) is 101 cm³/mol. The minimum Gasteiger partial charge on any atom is -0.351 e. The molecule has 0 spiro atoms. The van der Waals surface area contributed by atoms with Crippen molar-refractivity contribution in [2.45, 2.75) is 31.8 Å². The van der Waals surface area contributed by atoms with Crippen molar-refractivity contribution in [3.05, 3.63) is 71.0 Å². The van der Waals surface area contributed by atoms with Crippen molar-refractivity contribution in [2.24, 2.45) is 0 Å². The number of rotatable bonds is 4. The van der Waals surface area contributed by atoms with Gasteiger partial charge in [0.05, 0.1) is 5.92 Å². The summed E-state index contributed by atoms with van der Waals surface area (Å²) in [6.07, 6.45) is 1.73. The summed E-state index contributed by atoms with van der Waals surface area (Å²) in [7, 11) is 0. The second-order valence-corrected chi connectivity index (χ2v) is 6.87. The molecule has 0 aliphatic carbocycles. The first-order valence-electron chi connectivity index (χ1n) is 8.73. The first kappa shape index (κ1) is 16.8. The molecule has 3 aromatic rings. The molecule has 1 N–H and O–H groups in total. The van der Waals surface area contributed by atoms with Gasteiger partial charge in [-0.05, 0) is 30.5 Å². The number of amides is 1. The van der Waals surface area contributed by atoms with Crippen LogP contribution in [0.5, 0.6) is 0 Å². The third kappa shape index (κ3) is 3.35. The summed E-state index contributed by atoms with van der Waals surface area (Å²) >= 11 is 5.90. The Hall–Kier alpha value is -2.66. The molecule has 5 nitrogen and oxygen atoms in total. The van der Waals surface area contributed by atoms with Gasteiger partial charge in [0.2, 0.25) is 5.91 Å². The highest BCUT2D eigenvalue weighted by Crippen LogP contribution is 2.30. The molecule has 0 radical (unpaired) electrons. The first-order chi connectivity index (χ1) is 12.7. The Morgan fingerprint density at radius 2 is 1.88 bits per heavy atom. The molecule has 6 heteroatoms. The molecule has 26 heavy (non-hydrogen) atoms. The van der Waals surface area contributed by atoms with Gasteiger partial charge in [0, 0.05) is 23.7 Å². The fraction of sp³-hybridized carbons (Fsp3) is 0.250. The fourth-order valence-electron chi connectivity index (χ4n) is 3.34. The lowest BCUT2D eigenvalue weighted by molar-refractivity contribution is -0.123. The summed E-state index contributed by atoms with van der Waals surface area (Å²) in [4.78, 5) is 12.7. The molecule has 0 fully saturated rings. The van der Waals surface area contributed by atoms with Crippen LogP contribution in [0.4, 0.5) is 0 Å². The van der Waals surface area contributed by atoms with E-state index in [1.165, 1.54) is 0 Å². The quantitative estimate of drug-likeness (QED) is 0.764. The van der Waals surface area contributed by atoms with E-state index in [1.807, 2.05) is 54.6 Å². The van der Waals surface area contributed by atoms with E-state index in [9.17, 15) is 4.79 Å². The van der Waals surface area contributed by atoms with Gasteiger partial charge in [0.25, 0.3) is 0 Å². The van der Waals surface area contributed by atoms with Crippen LogP contribution >= 0.6 is 11.6 Å². The molecule has 1 atom stereocenters. The Balaban J connectivity index is 1.51. The van der Waals surface area contributed by atoms with Gasteiger partial charge in [0.1, 0.15) is 5.82 Å². The highest BCUT2D eigenvalue weighted by atomic mass is 35.5. The molecule has 1 aliphatic heterocycles. The van der Waals surface area contributed by atoms with Crippen LogP contribution in [-0.4, -0.2) is 20.7 Å². The number of nitrogens with zero attached hydrogens (tertiary/aromatic N) is 3.